The number of aliphatic hydroxyl groups excluding tert-OH is 1. The molecule has 0 radical (unpaired) electrons. The van der Waals surface area contributed by atoms with Crippen molar-refractivity contribution < 1.29 is 52.7 Å². The van der Waals surface area contributed by atoms with Gasteiger partial charge >= 0.3 is 12.1 Å². The first-order valence-electron chi connectivity index (χ1n) is 20.3. The Balaban J connectivity index is 1.45. The lowest BCUT2D eigenvalue weighted by Gasteiger charge is -2.47. The van der Waals surface area contributed by atoms with Gasteiger partial charge in [0.25, 0.3) is 0 Å². The van der Waals surface area contributed by atoms with Crippen molar-refractivity contribution in [3.63, 3.8) is 0 Å². The maximum atomic E-state index is 14.7. The molecule has 0 aliphatic carbocycles. The number of thioether (sulfide) groups is 1. The third-order valence-electron chi connectivity index (χ3n) is 12.5. The Morgan fingerprint density at radius 1 is 1.03 bits per heavy atom. The van der Waals surface area contributed by atoms with Crippen LogP contribution in [0.15, 0.2) is 17.3 Å². The van der Waals surface area contributed by atoms with Crippen LogP contribution in [0, 0.1) is 23.7 Å². The summed E-state index contributed by atoms with van der Waals surface area (Å²) < 4.78 is 36.4. The summed E-state index contributed by atoms with van der Waals surface area (Å²) in [6.45, 7) is 14.2. The number of pyridine rings is 1. The molecule has 2 aromatic rings. The van der Waals surface area contributed by atoms with E-state index in [0.717, 1.165) is 5.52 Å². The molecule has 0 bridgehead atoms. The van der Waals surface area contributed by atoms with E-state index < -0.39 is 83.4 Å². The van der Waals surface area contributed by atoms with E-state index in [-0.39, 0.29) is 37.3 Å². The Hall–Kier alpha value is -3.35. The SMILES string of the molecule is CC[C@H]1OC(=O)[C@H](C)C(=O)[C@H](C)[C@@H](O[C@@H]2O[C@H](C)C[C@H](N(C)C)[C@H]2O)[C@@](C)(OC)C[C@@H](C)C(=O)[C@H](C)[C@H]2N(CCCSc3nc4nc(OC)ccc4[nH]3)C(=O)O[C@]12C. The Labute approximate surface area is 345 Å². The number of fused-ring (bicyclic) bond motifs is 2. The standard InChI is InChI=1S/C41H63N5O11S/c1-13-28-41(8)33(46(39(51)57-41)17-14-18-58-38-42-26-15-16-29(52-11)43-35(26)44-38)23(4)30(47)21(2)20-40(7,53-12)34(24(5)31(48)25(6)36(50)55-28)56-37-32(49)27(45(9)10)19-22(3)54-37/h15-16,21-25,27-28,32-34,37,49H,13-14,17-20H2,1-12H3,(H,42,43,44)/t21-,22-,23+,24+,25-,27+,28-,32-,33-,34-,37+,40+,41-/m1/s1. The number of hydrogen-bond acceptors (Lipinski definition) is 15. The van der Waals surface area contributed by atoms with Crippen LogP contribution in [0.1, 0.15) is 81.1 Å². The van der Waals surface area contributed by atoms with Gasteiger partial charge in [0, 0.05) is 49.3 Å². The quantitative estimate of drug-likeness (QED) is 0.138. The normalized spacial score (nSPS) is 36.8. The van der Waals surface area contributed by atoms with Gasteiger partial charge in [-0.2, -0.15) is 4.98 Å². The van der Waals surface area contributed by atoms with Crippen LogP contribution in [0.3, 0.4) is 0 Å². The Morgan fingerprint density at radius 2 is 1.74 bits per heavy atom. The Kier molecular flexibility index (Phi) is 14.6. The lowest BCUT2D eigenvalue weighted by Crippen LogP contribution is -2.60. The highest BCUT2D eigenvalue weighted by Gasteiger charge is 2.60. The van der Waals surface area contributed by atoms with Crippen molar-refractivity contribution in [2.45, 2.75) is 140 Å². The molecule has 0 saturated carbocycles. The molecule has 324 valence electrons. The second-order valence-corrected chi connectivity index (χ2v) is 17.9. The topological polar surface area (TPSA) is 192 Å². The molecule has 0 spiro atoms. The van der Waals surface area contributed by atoms with Crippen molar-refractivity contribution in [1.29, 1.82) is 0 Å². The number of ether oxygens (including phenoxy) is 6. The molecule has 5 heterocycles. The summed E-state index contributed by atoms with van der Waals surface area (Å²) in [4.78, 5) is 72.5. The third kappa shape index (κ3) is 9.19. The summed E-state index contributed by atoms with van der Waals surface area (Å²) in [7, 11) is 6.77. The van der Waals surface area contributed by atoms with Crippen molar-refractivity contribution in [3.8, 4) is 5.88 Å². The van der Waals surface area contributed by atoms with Crippen molar-refractivity contribution in [2.24, 2.45) is 23.7 Å². The number of hydrogen-bond donors (Lipinski definition) is 2. The summed E-state index contributed by atoms with van der Waals surface area (Å²) in [6, 6.07) is 2.50. The number of amides is 1. The van der Waals surface area contributed by atoms with Crippen LogP contribution in [-0.2, 0) is 38.1 Å². The highest BCUT2D eigenvalue weighted by molar-refractivity contribution is 7.99. The number of Topliss-reactive ketones (excluding diaryl/α,β-unsaturated/α-hetero) is 2. The predicted molar refractivity (Wildman–Crippen MR) is 215 cm³/mol. The average Bonchev–Trinajstić information content (AvgIpc) is 3.72. The van der Waals surface area contributed by atoms with Crippen LogP contribution >= 0.6 is 11.8 Å². The van der Waals surface area contributed by atoms with Crippen molar-refractivity contribution >= 4 is 46.6 Å². The van der Waals surface area contributed by atoms with Gasteiger partial charge < -0.3 is 48.3 Å². The number of rotatable bonds is 11. The van der Waals surface area contributed by atoms with Crippen LogP contribution in [0.2, 0.25) is 0 Å². The van der Waals surface area contributed by atoms with E-state index in [9.17, 15) is 24.3 Å². The number of nitrogens with one attached hydrogen (secondary N) is 1. The number of imidazole rings is 1. The Morgan fingerprint density at radius 3 is 2.38 bits per heavy atom. The number of aromatic amines is 1. The summed E-state index contributed by atoms with van der Waals surface area (Å²) >= 11 is 1.47. The predicted octanol–water partition coefficient (Wildman–Crippen LogP) is 4.65. The van der Waals surface area contributed by atoms with E-state index >= 15 is 0 Å². The van der Waals surface area contributed by atoms with Gasteiger partial charge in [0.2, 0.25) is 5.88 Å². The highest BCUT2D eigenvalue weighted by Crippen LogP contribution is 2.43. The number of likely N-dealkylation sites (N-methyl/N-ethyl adjacent to an activating group) is 1. The zero-order chi connectivity index (χ0) is 42.9. The lowest BCUT2D eigenvalue weighted by atomic mass is 9.73. The van der Waals surface area contributed by atoms with Crippen LogP contribution < -0.4 is 4.74 Å². The molecule has 3 aliphatic rings. The maximum Gasteiger partial charge on any atom is 0.410 e. The number of carbonyl (C=O) groups excluding carboxylic acids is 4. The van der Waals surface area contributed by atoms with Crippen LogP contribution in [0.5, 0.6) is 5.88 Å². The minimum atomic E-state index is -1.42. The van der Waals surface area contributed by atoms with E-state index in [4.69, 9.17) is 28.4 Å². The van der Waals surface area contributed by atoms with Gasteiger partial charge in [-0.15, -0.1) is 0 Å². The van der Waals surface area contributed by atoms with Crippen molar-refractivity contribution in [2.75, 3.05) is 40.6 Å². The molecular formula is C41H63N5O11S. The molecule has 13 atom stereocenters. The minimum Gasteiger partial charge on any atom is -0.481 e. The van der Waals surface area contributed by atoms with Crippen LogP contribution in [0.25, 0.3) is 11.2 Å². The average molecular weight is 834 g/mol. The van der Waals surface area contributed by atoms with Crippen LogP contribution in [0.4, 0.5) is 4.79 Å². The van der Waals surface area contributed by atoms with Crippen LogP contribution in [-0.4, -0.2) is 148 Å². The molecule has 2 N–H and O–H groups in total. The van der Waals surface area contributed by atoms with E-state index in [1.807, 2.05) is 38.9 Å². The number of esters is 1. The number of cyclic esters (lactones) is 1. The number of methoxy groups -OCH3 is 2. The molecule has 3 saturated heterocycles. The molecule has 17 heteroatoms. The molecular weight excluding hydrogens is 771 g/mol. The van der Waals surface area contributed by atoms with Crippen molar-refractivity contribution in [3.05, 3.63) is 12.1 Å². The van der Waals surface area contributed by atoms with E-state index in [1.54, 1.807) is 52.7 Å². The first-order chi connectivity index (χ1) is 27.3. The molecule has 0 aromatic carbocycles. The molecule has 1 amide bonds. The number of ketones is 2. The number of H-pyrrole nitrogens is 1. The van der Waals surface area contributed by atoms with Gasteiger partial charge in [-0.1, -0.05) is 39.5 Å². The minimum absolute atomic E-state index is 0.119. The molecule has 0 unspecified atom stereocenters. The summed E-state index contributed by atoms with van der Waals surface area (Å²) in [6.07, 6.45) is -3.62. The fraction of sp³-hybridized carbons (Fsp3) is 0.756. The molecule has 5 rings (SSSR count). The highest BCUT2D eigenvalue weighted by atomic mass is 32.2. The second kappa shape index (κ2) is 18.5. The zero-order valence-electron chi connectivity index (χ0n) is 36.0. The largest absolute Gasteiger partial charge is 0.481 e. The molecule has 16 nitrogen and oxygen atoms in total. The van der Waals surface area contributed by atoms with E-state index in [0.29, 0.717) is 35.3 Å². The smallest absolute Gasteiger partial charge is 0.410 e. The van der Waals surface area contributed by atoms with Gasteiger partial charge in [-0.3, -0.25) is 14.4 Å². The number of aliphatic hydroxyl groups is 1. The van der Waals surface area contributed by atoms with Gasteiger partial charge in [-0.25, -0.2) is 9.78 Å². The third-order valence-corrected chi connectivity index (χ3v) is 13.4. The van der Waals surface area contributed by atoms with Gasteiger partial charge in [0.1, 0.15) is 23.9 Å². The lowest BCUT2D eigenvalue weighted by molar-refractivity contribution is -0.295. The van der Waals surface area contributed by atoms with Gasteiger partial charge in [-0.05, 0) is 73.5 Å². The molecule has 58 heavy (non-hydrogen) atoms. The molecule has 3 aliphatic heterocycles. The molecule has 3 fully saturated rings. The summed E-state index contributed by atoms with van der Waals surface area (Å²) in [5.41, 5.74) is -1.40. The van der Waals surface area contributed by atoms with Gasteiger partial charge in [0.15, 0.2) is 28.5 Å². The number of nitrogens with zero attached hydrogens (tertiary/aromatic N) is 4. The van der Waals surface area contributed by atoms with E-state index in [1.165, 1.54) is 25.8 Å². The van der Waals surface area contributed by atoms with Gasteiger partial charge in [0.05, 0.1) is 36.5 Å². The maximum absolute atomic E-state index is 14.7. The monoisotopic (exact) mass is 833 g/mol. The number of carbonyl (C=O) groups is 4. The fourth-order valence-electron chi connectivity index (χ4n) is 9.15. The first-order valence-corrected chi connectivity index (χ1v) is 21.3. The fourth-order valence-corrected chi connectivity index (χ4v) is 9.95. The first kappa shape index (κ1) is 45.7. The van der Waals surface area contributed by atoms with Crippen molar-refractivity contribution in [1.82, 2.24) is 24.8 Å². The Bertz CT molecular complexity index is 1800. The molecule has 2 aromatic heterocycles. The second-order valence-electron chi connectivity index (χ2n) is 16.8. The van der Waals surface area contributed by atoms with E-state index in [2.05, 4.69) is 15.0 Å². The number of aromatic nitrogens is 3. The summed E-state index contributed by atoms with van der Waals surface area (Å²) in [5.74, 6) is -4.00. The zero-order valence-corrected chi connectivity index (χ0v) is 36.8. The summed E-state index contributed by atoms with van der Waals surface area (Å²) in [5, 5.41) is 12.1.